The largest absolute Gasteiger partial charge is 0.465 e. The van der Waals surface area contributed by atoms with E-state index in [0.29, 0.717) is 5.69 Å². The second-order valence-electron chi connectivity index (χ2n) is 2.95. The van der Waals surface area contributed by atoms with Crippen LogP contribution in [0.4, 0.5) is 10.5 Å². The summed E-state index contributed by atoms with van der Waals surface area (Å²) in [4.78, 5) is 26.1. The van der Waals surface area contributed by atoms with Crippen LogP contribution >= 0.6 is 11.6 Å². The van der Waals surface area contributed by atoms with Crippen LogP contribution in [-0.2, 0) is 9.53 Å². The average Bonchev–Trinajstić information content (AvgIpc) is 2.30. The molecule has 0 fully saturated rings. The van der Waals surface area contributed by atoms with Gasteiger partial charge in [-0.15, -0.1) is 0 Å². The van der Waals surface area contributed by atoms with Gasteiger partial charge < -0.3 is 15.4 Å². The Hall–Kier alpha value is -1.82. The van der Waals surface area contributed by atoms with E-state index in [1.807, 2.05) is 0 Å². The number of pyridine rings is 1. The number of hydrogen-bond donors (Lipinski definition) is 2. The number of carbonyl (C=O) groups is 2. The number of anilines is 1. The van der Waals surface area contributed by atoms with Gasteiger partial charge in [0.05, 0.1) is 12.3 Å². The fraction of sp³-hybridized carbons (Fsp3) is 0.300. The molecule has 0 aliphatic carbocycles. The molecule has 1 aromatic rings. The maximum absolute atomic E-state index is 11.4. The third kappa shape index (κ3) is 4.69. The first kappa shape index (κ1) is 13.2. The molecule has 2 amide bonds. The van der Waals surface area contributed by atoms with Crippen molar-refractivity contribution in [3.63, 3.8) is 0 Å². The Balaban J connectivity index is 2.40. The van der Waals surface area contributed by atoms with Crippen molar-refractivity contribution < 1.29 is 14.3 Å². The fourth-order valence-corrected chi connectivity index (χ4v) is 1.18. The van der Waals surface area contributed by atoms with Gasteiger partial charge in [-0.2, -0.15) is 0 Å². The van der Waals surface area contributed by atoms with E-state index in [2.05, 4.69) is 20.4 Å². The van der Waals surface area contributed by atoms with Gasteiger partial charge >= 0.3 is 12.0 Å². The molecule has 0 unspecified atom stereocenters. The Labute approximate surface area is 103 Å². The third-order valence-electron chi connectivity index (χ3n) is 1.71. The van der Waals surface area contributed by atoms with Crippen molar-refractivity contribution in [3.8, 4) is 0 Å². The molecule has 1 rings (SSSR count). The summed E-state index contributed by atoms with van der Waals surface area (Å²) in [5.74, 6) is -0.500. The predicted molar refractivity (Wildman–Crippen MR) is 62.9 cm³/mol. The van der Waals surface area contributed by atoms with Crippen molar-refractivity contribution in [2.45, 2.75) is 6.92 Å². The third-order valence-corrected chi connectivity index (χ3v) is 2.01. The van der Waals surface area contributed by atoms with E-state index in [-0.39, 0.29) is 18.3 Å². The number of aromatic nitrogens is 1. The van der Waals surface area contributed by atoms with Crippen LogP contribution in [0.5, 0.6) is 0 Å². The SMILES string of the molecule is CCOC(=O)CNC(=O)Nc1cccnc1Cl. The van der Waals surface area contributed by atoms with Crippen LogP contribution < -0.4 is 10.6 Å². The van der Waals surface area contributed by atoms with Crippen molar-refractivity contribution in [2.24, 2.45) is 0 Å². The molecular formula is C10H12ClN3O3. The lowest BCUT2D eigenvalue weighted by Crippen LogP contribution is -2.34. The molecule has 0 spiro atoms. The van der Waals surface area contributed by atoms with Crippen LogP contribution in [-0.4, -0.2) is 30.1 Å². The molecule has 6 nitrogen and oxygen atoms in total. The van der Waals surface area contributed by atoms with E-state index >= 15 is 0 Å². The fourth-order valence-electron chi connectivity index (χ4n) is 1.01. The van der Waals surface area contributed by atoms with Gasteiger partial charge in [-0.1, -0.05) is 11.6 Å². The molecule has 2 N–H and O–H groups in total. The minimum atomic E-state index is -0.548. The molecule has 7 heteroatoms. The van der Waals surface area contributed by atoms with Gasteiger partial charge in [0.1, 0.15) is 6.54 Å². The molecule has 0 aliphatic heterocycles. The predicted octanol–water partition coefficient (Wildman–Crippen LogP) is 1.42. The van der Waals surface area contributed by atoms with E-state index in [1.54, 1.807) is 19.1 Å². The number of amides is 2. The highest BCUT2D eigenvalue weighted by Gasteiger charge is 2.07. The molecule has 0 saturated heterocycles. The molecule has 0 aliphatic rings. The Kier molecular flexibility index (Phi) is 5.22. The topological polar surface area (TPSA) is 80.3 Å². The second kappa shape index (κ2) is 6.70. The lowest BCUT2D eigenvalue weighted by molar-refractivity contribution is -0.141. The molecule has 1 heterocycles. The highest BCUT2D eigenvalue weighted by Crippen LogP contribution is 2.16. The van der Waals surface area contributed by atoms with Crippen LogP contribution in [0.2, 0.25) is 5.15 Å². The van der Waals surface area contributed by atoms with Crippen LogP contribution in [0, 0.1) is 0 Å². The summed E-state index contributed by atoms with van der Waals surface area (Å²) in [7, 11) is 0. The van der Waals surface area contributed by atoms with E-state index in [0.717, 1.165) is 0 Å². The van der Waals surface area contributed by atoms with Crippen molar-refractivity contribution in [2.75, 3.05) is 18.5 Å². The van der Waals surface area contributed by atoms with Gasteiger partial charge in [-0.05, 0) is 19.1 Å². The van der Waals surface area contributed by atoms with Crippen LogP contribution in [0.1, 0.15) is 6.92 Å². The first-order chi connectivity index (χ1) is 8.13. The minimum Gasteiger partial charge on any atom is -0.465 e. The first-order valence-corrected chi connectivity index (χ1v) is 5.32. The number of esters is 1. The molecule has 92 valence electrons. The Morgan fingerprint density at radius 1 is 1.53 bits per heavy atom. The first-order valence-electron chi connectivity index (χ1n) is 4.94. The maximum atomic E-state index is 11.4. The number of ether oxygens (including phenoxy) is 1. The van der Waals surface area contributed by atoms with Crippen molar-refractivity contribution in [1.82, 2.24) is 10.3 Å². The molecule has 1 aromatic heterocycles. The van der Waals surface area contributed by atoms with Crippen molar-refractivity contribution in [1.29, 1.82) is 0 Å². The molecular weight excluding hydrogens is 246 g/mol. The summed E-state index contributed by atoms with van der Waals surface area (Å²) in [6.07, 6.45) is 1.50. The highest BCUT2D eigenvalue weighted by atomic mass is 35.5. The standard InChI is InChI=1S/C10H12ClN3O3/c1-2-17-8(15)6-13-10(16)14-7-4-3-5-12-9(7)11/h3-5H,2,6H2,1H3,(H2,13,14,16). The Bertz CT molecular complexity index is 412. The van der Waals surface area contributed by atoms with Gasteiger partial charge in [-0.3, -0.25) is 4.79 Å². The summed E-state index contributed by atoms with van der Waals surface area (Å²) in [6.45, 7) is 1.77. The van der Waals surface area contributed by atoms with Crippen LogP contribution in [0.3, 0.4) is 0 Å². The smallest absolute Gasteiger partial charge is 0.325 e. The Morgan fingerprint density at radius 2 is 2.29 bits per heavy atom. The summed E-state index contributed by atoms with van der Waals surface area (Å²) in [5.41, 5.74) is 0.371. The summed E-state index contributed by atoms with van der Waals surface area (Å²) < 4.78 is 4.65. The molecule has 0 atom stereocenters. The van der Waals surface area contributed by atoms with Gasteiger partial charge in [-0.25, -0.2) is 9.78 Å². The lowest BCUT2D eigenvalue weighted by atomic mass is 10.4. The lowest BCUT2D eigenvalue weighted by Gasteiger charge is -2.07. The molecule has 0 aromatic carbocycles. The van der Waals surface area contributed by atoms with E-state index in [4.69, 9.17) is 11.6 Å². The highest BCUT2D eigenvalue weighted by molar-refractivity contribution is 6.32. The van der Waals surface area contributed by atoms with E-state index < -0.39 is 12.0 Å². The average molecular weight is 258 g/mol. The van der Waals surface area contributed by atoms with Gasteiger partial charge in [0.2, 0.25) is 0 Å². The van der Waals surface area contributed by atoms with E-state index in [9.17, 15) is 9.59 Å². The number of urea groups is 1. The van der Waals surface area contributed by atoms with Crippen molar-refractivity contribution in [3.05, 3.63) is 23.5 Å². The van der Waals surface area contributed by atoms with Crippen molar-refractivity contribution >= 4 is 29.3 Å². The molecule has 0 radical (unpaired) electrons. The minimum absolute atomic E-state index is 0.179. The molecule has 0 saturated carbocycles. The van der Waals surface area contributed by atoms with Crippen LogP contribution in [0.25, 0.3) is 0 Å². The van der Waals surface area contributed by atoms with Gasteiger partial charge in [0.15, 0.2) is 5.15 Å². The van der Waals surface area contributed by atoms with E-state index in [1.165, 1.54) is 6.20 Å². The Morgan fingerprint density at radius 3 is 2.94 bits per heavy atom. The number of carbonyl (C=O) groups excluding carboxylic acids is 2. The zero-order valence-electron chi connectivity index (χ0n) is 9.20. The van der Waals surface area contributed by atoms with Crippen LogP contribution in [0.15, 0.2) is 18.3 Å². The zero-order chi connectivity index (χ0) is 12.7. The zero-order valence-corrected chi connectivity index (χ0v) is 9.95. The quantitative estimate of drug-likeness (QED) is 0.631. The monoisotopic (exact) mass is 257 g/mol. The summed E-state index contributed by atoms with van der Waals surface area (Å²) >= 11 is 5.74. The van der Waals surface area contributed by atoms with Gasteiger partial charge in [0, 0.05) is 6.20 Å². The number of nitrogens with zero attached hydrogens (tertiary/aromatic N) is 1. The van der Waals surface area contributed by atoms with Gasteiger partial charge in [0.25, 0.3) is 0 Å². The molecule has 0 bridgehead atoms. The number of nitrogens with one attached hydrogen (secondary N) is 2. The number of hydrogen-bond acceptors (Lipinski definition) is 4. The second-order valence-corrected chi connectivity index (χ2v) is 3.31. The summed E-state index contributed by atoms with van der Waals surface area (Å²) in [5, 5.41) is 4.97. The normalized spacial score (nSPS) is 9.53. The summed E-state index contributed by atoms with van der Waals surface area (Å²) in [6, 6.07) is 2.68. The maximum Gasteiger partial charge on any atom is 0.325 e. The molecule has 17 heavy (non-hydrogen) atoms. The number of rotatable bonds is 4. The number of halogens is 1.